The number of carbonyl (C=O) groups is 2. The summed E-state index contributed by atoms with van der Waals surface area (Å²) in [7, 11) is 0. The van der Waals surface area contributed by atoms with Gasteiger partial charge in [-0.15, -0.1) is 0 Å². The first-order valence-electron chi connectivity index (χ1n) is 28.8. The maximum absolute atomic E-state index is 12.5. The topological polar surface area (TPSA) is 95.9 Å². The Balaban J connectivity index is 3.38. The Hall–Kier alpha value is -1.14. The minimum absolute atomic E-state index is 0.00795. The monoisotopic (exact) mass is 892 g/mol. The number of amides is 1. The van der Waals surface area contributed by atoms with Gasteiger partial charge in [-0.3, -0.25) is 9.59 Å². The highest BCUT2D eigenvalue weighted by Gasteiger charge is 2.20. The largest absolute Gasteiger partial charge is 0.466 e. The van der Waals surface area contributed by atoms with E-state index >= 15 is 0 Å². The molecular formula is C57H113NO5. The Bertz CT molecular complexity index is 898. The molecule has 0 rings (SSSR count). The standard InChI is InChI=1S/C57H113NO5/c1-3-5-7-9-11-13-15-17-18-19-23-27-31-35-39-43-47-51-57(62)63-52-48-44-40-36-32-28-24-21-20-22-26-30-34-38-42-46-50-56(61)58-54(53-59)55(60)49-45-41-37-33-29-25-16-14-12-10-8-6-4-2/h54-55,59-60H,3-53H2,1-2H3,(H,58,61). The lowest BCUT2D eigenvalue weighted by molar-refractivity contribution is -0.143. The van der Waals surface area contributed by atoms with Crippen molar-refractivity contribution in [3.8, 4) is 0 Å². The summed E-state index contributed by atoms with van der Waals surface area (Å²) in [6, 6.07) is -0.544. The summed E-state index contributed by atoms with van der Waals surface area (Å²) < 4.78 is 5.49. The molecule has 63 heavy (non-hydrogen) atoms. The number of aliphatic hydroxyl groups is 2. The summed E-state index contributed by atoms with van der Waals surface area (Å²) in [6.07, 6.45) is 60.9. The van der Waals surface area contributed by atoms with Crippen LogP contribution in [-0.2, 0) is 14.3 Å². The molecule has 0 aliphatic rings. The molecular weight excluding hydrogens is 779 g/mol. The fourth-order valence-corrected chi connectivity index (χ4v) is 9.23. The van der Waals surface area contributed by atoms with Crippen molar-refractivity contribution in [1.29, 1.82) is 0 Å². The molecule has 3 N–H and O–H groups in total. The number of carbonyl (C=O) groups excluding carboxylic acids is 2. The molecule has 0 fully saturated rings. The lowest BCUT2D eigenvalue weighted by Gasteiger charge is -2.22. The third-order valence-electron chi connectivity index (χ3n) is 13.7. The molecule has 376 valence electrons. The van der Waals surface area contributed by atoms with Crippen molar-refractivity contribution in [1.82, 2.24) is 5.32 Å². The van der Waals surface area contributed by atoms with Crippen LogP contribution in [-0.4, -0.2) is 47.4 Å². The van der Waals surface area contributed by atoms with Gasteiger partial charge in [0.2, 0.25) is 5.91 Å². The Morgan fingerprint density at radius 2 is 0.651 bits per heavy atom. The van der Waals surface area contributed by atoms with Crippen molar-refractivity contribution in [2.24, 2.45) is 0 Å². The van der Waals surface area contributed by atoms with Crippen LogP contribution in [0.4, 0.5) is 0 Å². The third kappa shape index (κ3) is 50.1. The summed E-state index contributed by atoms with van der Waals surface area (Å²) in [5, 5.41) is 23.2. The maximum atomic E-state index is 12.5. The lowest BCUT2D eigenvalue weighted by Crippen LogP contribution is -2.45. The molecule has 2 atom stereocenters. The van der Waals surface area contributed by atoms with Crippen LogP contribution in [0.1, 0.15) is 328 Å². The fourth-order valence-electron chi connectivity index (χ4n) is 9.23. The molecule has 2 unspecified atom stereocenters. The first-order chi connectivity index (χ1) is 31.0. The molecule has 0 saturated carbocycles. The van der Waals surface area contributed by atoms with E-state index < -0.39 is 12.1 Å². The van der Waals surface area contributed by atoms with Crippen LogP contribution < -0.4 is 5.32 Å². The summed E-state index contributed by atoms with van der Waals surface area (Å²) in [4.78, 5) is 24.5. The number of esters is 1. The Labute approximate surface area is 394 Å². The van der Waals surface area contributed by atoms with Crippen LogP contribution in [0.25, 0.3) is 0 Å². The predicted octanol–water partition coefficient (Wildman–Crippen LogP) is 17.5. The molecule has 0 saturated heterocycles. The van der Waals surface area contributed by atoms with Gasteiger partial charge in [-0.1, -0.05) is 290 Å². The second-order valence-electron chi connectivity index (χ2n) is 20.0. The second-order valence-corrected chi connectivity index (χ2v) is 20.0. The van der Waals surface area contributed by atoms with Gasteiger partial charge in [0.25, 0.3) is 0 Å². The molecule has 0 radical (unpaired) electrons. The van der Waals surface area contributed by atoms with Crippen molar-refractivity contribution in [3.63, 3.8) is 0 Å². The van der Waals surface area contributed by atoms with Crippen LogP contribution in [0, 0.1) is 0 Å². The highest BCUT2D eigenvalue weighted by atomic mass is 16.5. The van der Waals surface area contributed by atoms with Crippen LogP contribution in [0.2, 0.25) is 0 Å². The van der Waals surface area contributed by atoms with Gasteiger partial charge in [0.05, 0.1) is 25.4 Å². The minimum atomic E-state index is -0.666. The van der Waals surface area contributed by atoms with Gasteiger partial charge in [-0.05, 0) is 25.7 Å². The molecule has 0 aromatic heterocycles. The quantitative estimate of drug-likeness (QED) is 0.0418. The number of rotatable bonds is 54. The number of unbranched alkanes of at least 4 members (excludes halogenated alkanes) is 43. The van der Waals surface area contributed by atoms with E-state index in [0.29, 0.717) is 25.9 Å². The molecule has 0 aliphatic heterocycles. The molecule has 0 aromatic rings. The van der Waals surface area contributed by atoms with E-state index in [1.165, 1.54) is 257 Å². The van der Waals surface area contributed by atoms with Crippen molar-refractivity contribution < 1.29 is 24.5 Å². The van der Waals surface area contributed by atoms with Gasteiger partial charge in [0, 0.05) is 12.8 Å². The minimum Gasteiger partial charge on any atom is -0.466 e. The van der Waals surface area contributed by atoms with Gasteiger partial charge in [0.15, 0.2) is 0 Å². The number of ether oxygens (including phenoxy) is 1. The maximum Gasteiger partial charge on any atom is 0.305 e. The number of hydrogen-bond donors (Lipinski definition) is 3. The zero-order valence-electron chi connectivity index (χ0n) is 42.8. The molecule has 6 nitrogen and oxygen atoms in total. The molecule has 0 spiro atoms. The Kier molecular flexibility index (Phi) is 52.5. The van der Waals surface area contributed by atoms with Crippen LogP contribution in [0.15, 0.2) is 0 Å². The summed E-state index contributed by atoms with van der Waals surface area (Å²) >= 11 is 0. The van der Waals surface area contributed by atoms with Gasteiger partial charge < -0.3 is 20.3 Å². The SMILES string of the molecule is CCCCCCCCCCCCCCCCCCCC(=O)OCCCCCCCCCCCCCCCCCCC(=O)NC(CO)C(O)CCCCCCCCCCCCCCC. The first kappa shape index (κ1) is 61.9. The van der Waals surface area contributed by atoms with Crippen LogP contribution in [0.3, 0.4) is 0 Å². The average molecular weight is 893 g/mol. The summed E-state index contributed by atoms with van der Waals surface area (Å²) in [5.41, 5.74) is 0. The van der Waals surface area contributed by atoms with Gasteiger partial charge >= 0.3 is 5.97 Å². The van der Waals surface area contributed by atoms with Crippen LogP contribution >= 0.6 is 0 Å². The number of aliphatic hydroxyl groups excluding tert-OH is 2. The number of hydrogen-bond acceptors (Lipinski definition) is 5. The Morgan fingerprint density at radius 3 is 0.968 bits per heavy atom. The molecule has 0 aliphatic carbocycles. The molecule has 0 aromatic carbocycles. The van der Waals surface area contributed by atoms with Gasteiger partial charge in [0.1, 0.15) is 0 Å². The zero-order valence-corrected chi connectivity index (χ0v) is 42.8. The highest BCUT2D eigenvalue weighted by molar-refractivity contribution is 5.76. The second kappa shape index (κ2) is 53.5. The molecule has 1 amide bonds. The third-order valence-corrected chi connectivity index (χ3v) is 13.7. The predicted molar refractivity (Wildman–Crippen MR) is 274 cm³/mol. The van der Waals surface area contributed by atoms with E-state index in [1.807, 2.05) is 0 Å². The molecule has 0 heterocycles. The van der Waals surface area contributed by atoms with Gasteiger partial charge in [-0.25, -0.2) is 0 Å². The molecule has 6 heteroatoms. The van der Waals surface area contributed by atoms with Crippen molar-refractivity contribution in [2.75, 3.05) is 13.2 Å². The van der Waals surface area contributed by atoms with E-state index in [9.17, 15) is 19.8 Å². The van der Waals surface area contributed by atoms with E-state index in [-0.39, 0.29) is 18.5 Å². The van der Waals surface area contributed by atoms with E-state index in [4.69, 9.17) is 4.74 Å². The van der Waals surface area contributed by atoms with Crippen molar-refractivity contribution >= 4 is 11.9 Å². The summed E-state index contributed by atoms with van der Waals surface area (Å²) in [6.45, 7) is 4.96. The number of nitrogens with one attached hydrogen (secondary N) is 1. The van der Waals surface area contributed by atoms with Crippen LogP contribution in [0.5, 0.6) is 0 Å². The highest BCUT2D eigenvalue weighted by Crippen LogP contribution is 2.18. The molecule has 0 bridgehead atoms. The fraction of sp³-hybridized carbons (Fsp3) is 0.965. The van der Waals surface area contributed by atoms with E-state index in [1.54, 1.807) is 0 Å². The van der Waals surface area contributed by atoms with Gasteiger partial charge in [-0.2, -0.15) is 0 Å². The lowest BCUT2D eigenvalue weighted by atomic mass is 10.0. The summed E-state index contributed by atoms with van der Waals surface area (Å²) in [5.74, 6) is -0.0318. The van der Waals surface area contributed by atoms with Crippen molar-refractivity contribution in [2.45, 2.75) is 341 Å². The van der Waals surface area contributed by atoms with E-state index in [2.05, 4.69) is 19.2 Å². The zero-order chi connectivity index (χ0) is 45.8. The van der Waals surface area contributed by atoms with Crippen molar-refractivity contribution in [3.05, 3.63) is 0 Å². The van der Waals surface area contributed by atoms with E-state index in [0.717, 1.165) is 38.5 Å². The Morgan fingerprint density at radius 1 is 0.381 bits per heavy atom. The normalized spacial score (nSPS) is 12.5. The average Bonchev–Trinajstić information content (AvgIpc) is 3.28. The first-order valence-corrected chi connectivity index (χ1v) is 28.8. The smallest absolute Gasteiger partial charge is 0.305 e.